The number of carbonyl (C=O) groups excluding carboxylic acids is 1. The summed E-state index contributed by atoms with van der Waals surface area (Å²) in [6, 6.07) is 5.45. The molecule has 0 radical (unpaired) electrons. The molecule has 0 unspecified atom stereocenters. The smallest absolute Gasteiger partial charge is 0.303 e. The van der Waals surface area contributed by atoms with Crippen molar-refractivity contribution in [1.29, 1.82) is 0 Å². The van der Waals surface area contributed by atoms with Crippen molar-refractivity contribution >= 4 is 11.9 Å². The van der Waals surface area contributed by atoms with Crippen molar-refractivity contribution in [3.63, 3.8) is 0 Å². The highest BCUT2D eigenvalue weighted by Crippen LogP contribution is 2.26. The van der Waals surface area contributed by atoms with Crippen molar-refractivity contribution in [2.45, 2.75) is 111 Å². The lowest BCUT2D eigenvalue weighted by molar-refractivity contribution is -0.137. The van der Waals surface area contributed by atoms with Gasteiger partial charge in [0.1, 0.15) is 5.75 Å². The highest BCUT2D eigenvalue weighted by molar-refractivity contribution is 5.78. The minimum Gasteiger partial charge on any atom is -0.508 e. The zero-order valence-electron chi connectivity index (χ0n) is 20.2. The highest BCUT2D eigenvalue weighted by Gasteiger charge is 2.09. The second-order valence-electron chi connectivity index (χ2n) is 8.55. The van der Waals surface area contributed by atoms with E-state index in [1.807, 2.05) is 26.0 Å². The number of carboxylic acids is 1. The van der Waals surface area contributed by atoms with Gasteiger partial charge in [0, 0.05) is 13.0 Å². The Bertz CT molecular complexity index is 613. The summed E-state index contributed by atoms with van der Waals surface area (Å²) in [5.74, 6) is -0.0440. The number of aliphatic carboxylic acids is 1. The fourth-order valence-corrected chi connectivity index (χ4v) is 3.26. The van der Waals surface area contributed by atoms with E-state index in [2.05, 4.69) is 19.2 Å². The number of amides is 1. The number of unbranched alkanes of at least 4 members (excludes halogenated alkanes) is 8. The Morgan fingerprint density at radius 1 is 0.903 bits per heavy atom. The van der Waals surface area contributed by atoms with Crippen LogP contribution in [0.15, 0.2) is 18.2 Å². The first-order chi connectivity index (χ1) is 14.8. The van der Waals surface area contributed by atoms with Gasteiger partial charge in [-0.15, -0.1) is 0 Å². The first-order valence-electron chi connectivity index (χ1n) is 12.1. The third-order valence-electron chi connectivity index (χ3n) is 5.18. The Labute approximate surface area is 189 Å². The van der Waals surface area contributed by atoms with Gasteiger partial charge >= 0.3 is 5.97 Å². The summed E-state index contributed by atoms with van der Waals surface area (Å²) < 4.78 is 0. The van der Waals surface area contributed by atoms with Crippen molar-refractivity contribution in [2.24, 2.45) is 0 Å². The van der Waals surface area contributed by atoms with Crippen molar-refractivity contribution in [2.75, 3.05) is 6.54 Å². The zero-order chi connectivity index (χ0) is 23.5. The first-order valence-corrected chi connectivity index (χ1v) is 12.1. The number of rotatable bonds is 15. The fourth-order valence-electron chi connectivity index (χ4n) is 3.26. The maximum atomic E-state index is 11.9. The summed E-state index contributed by atoms with van der Waals surface area (Å²) in [5.41, 5.74) is 1.86. The molecule has 0 spiro atoms. The Hall–Kier alpha value is -2.04. The lowest BCUT2D eigenvalue weighted by atomic mass is 9.98. The van der Waals surface area contributed by atoms with Gasteiger partial charge in [-0.05, 0) is 36.0 Å². The molecule has 0 fully saturated rings. The van der Waals surface area contributed by atoms with Crippen molar-refractivity contribution in [3.05, 3.63) is 29.3 Å². The van der Waals surface area contributed by atoms with Gasteiger partial charge in [-0.3, -0.25) is 9.59 Å². The van der Waals surface area contributed by atoms with Crippen LogP contribution in [0.25, 0.3) is 0 Å². The van der Waals surface area contributed by atoms with E-state index >= 15 is 0 Å². The second kappa shape index (κ2) is 18.7. The first kappa shape index (κ1) is 29.0. The second-order valence-corrected chi connectivity index (χ2v) is 8.55. The molecule has 1 rings (SSSR count). The molecule has 31 heavy (non-hydrogen) atoms. The number of benzene rings is 1. The predicted molar refractivity (Wildman–Crippen MR) is 129 cm³/mol. The number of nitrogens with one attached hydrogen (secondary N) is 1. The van der Waals surface area contributed by atoms with Gasteiger partial charge in [0.2, 0.25) is 5.91 Å². The molecule has 0 aliphatic carbocycles. The minimum absolute atomic E-state index is 0.0638. The lowest BCUT2D eigenvalue weighted by Crippen LogP contribution is -2.26. The van der Waals surface area contributed by atoms with E-state index in [-0.39, 0.29) is 11.8 Å². The lowest BCUT2D eigenvalue weighted by Gasteiger charge is -2.11. The molecule has 178 valence electrons. The number of aromatic hydroxyl groups is 1. The Morgan fingerprint density at radius 3 is 2.06 bits per heavy atom. The molecule has 5 heteroatoms. The summed E-state index contributed by atoms with van der Waals surface area (Å²) >= 11 is 0. The van der Waals surface area contributed by atoms with Gasteiger partial charge in [-0.1, -0.05) is 91.2 Å². The van der Waals surface area contributed by atoms with Crippen LogP contribution in [0.3, 0.4) is 0 Å². The number of hydrogen-bond donors (Lipinski definition) is 3. The summed E-state index contributed by atoms with van der Waals surface area (Å²) in [6.45, 7) is 9.17. The summed E-state index contributed by atoms with van der Waals surface area (Å²) in [4.78, 5) is 21.9. The summed E-state index contributed by atoms with van der Waals surface area (Å²) in [5, 5.41) is 21.0. The van der Waals surface area contributed by atoms with Crippen LogP contribution in [0.2, 0.25) is 0 Å². The molecule has 0 bridgehead atoms. The standard InChI is InChI=1S/C19H31NO2.C7H14O2/c1-4-5-6-7-8-9-12-20-19(22)14-16-10-11-18(21)17(13-16)15(2)3;1-2-3-4-5-6-7(8)9/h10-11,13,15,21H,4-9,12,14H2,1-3H3,(H,20,22);2-6H2,1H3,(H,8,9). The maximum absolute atomic E-state index is 11.9. The predicted octanol–water partition coefficient (Wildman–Crippen LogP) is 6.58. The zero-order valence-corrected chi connectivity index (χ0v) is 20.2. The van der Waals surface area contributed by atoms with Gasteiger partial charge in [-0.2, -0.15) is 0 Å². The molecular weight excluding hydrogens is 390 g/mol. The topological polar surface area (TPSA) is 86.6 Å². The van der Waals surface area contributed by atoms with Crippen molar-refractivity contribution in [3.8, 4) is 5.75 Å². The Balaban J connectivity index is 0.000000842. The molecule has 0 saturated heterocycles. The van der Waals surface area contributed by atoms with Crippen LogP contribution in [-0.2, 0) is 16.0 Å². The van der Waals surface area contributed by atoms with Gasteiger partial charge in [0.05, 0.1) is 6.42 Å². The quantitative estimate of drug-likeness (QED) is 0.272. The fraction of sp³-hybridized carbons (Fsp3) is 0.692. The van der Waals surface area contributed by atoms with Crippen LogP contribution in [0.1, 0.15) is 115 Å². The molecule has 0 aliphatic rings. The summed E-state index contributed by atoms with van der Waals surface area (Å²) in [6.07, 6.45) is 12.3. The maximum Gasteiger partial charge on any atom is 0.303 e. The van der Waals surface area contributed by atoms with E-state index in [4.69, 9.17) is 5.11 Å². The molecule has 3 N–H and O–H groups in total. The average Bonchev–Trinajstić information content (AvgIpc) is 2.72. The van der Waals surface area contributed by atoms with Crippen LogP contribution in [0, 0.1) is 0 Å². The largest absolute Gasteiger partial charge is 0.508 e. The van der Waals surface area contributed by atoms with E-state index < -0.39 is 5.97 Å². The Morgan fingerprint density at radius 2 is 1.48 bits per heavy atom. The van der Waals surface area contributed by atoms with Crippen molar-refractivity contribution < 1.29 is 19.8 Å². The van der Waals surface area contributed by atoms with Crippen molar-refractivity contribution in [1.82, 2.24) is 5.32 Å². The van der Waals surface area contributed by atoms with Crippen LogP contribution in [0.4, 0.5) is 0 Å². The molecule has 0 atom stereocenters. The average molecular weight is 436 g/mol. The molecule has 5 nitrogen and oxygen atoms in total. The summed E-state index contributed by atoms with van der Waals surface area (Å²) in [7, 11) is 0. The van der Waals surface area contributed by atoms with E-state index in [1.54, 1.807) is 6.07 Å². The van der Waals surface area contributed by atoms with Crippen LogP contribution < -0.4 is 5.32 Å². The molecular formula is C26H45NO4. The van der Waals surface area contributed by atoms with Gasteiger partial charge < -0.3 is 15.5 Å². The SMILES string of the molecule is CCCCCCC(=O)O.CCCCCCCCNC(=O)Cc1ccc(O)c(C(C)C)c1. The molecule has 1 aromatic carbocycles. The number of carbonyl (C=O) groups is 2. The third kappa shape index (κ3) is 16.3. The monoisotopic (exact) mass is 435 g/mol. The molecule has 1 aromatic rings. The van der Waals surface area contributed by atoms with Crippen LogP contribution >= 0.6 is 0 Å². The highest BCUT2D eigenvalue weighted by atomic mass is 16.4. The number of hydrogen-bond acceptors (Lipinski definition) is 3. The van der Waals surface area contributed by atoms with E-state index in [1.165, 1.54) is 38.5 Å². The molecule has 0 heterocycles. The Kier molecular flexibility index (Phi) is 17.5. The number of phenols is 1. The van der Waals surface area contributed by atoms with Crippen LogP contribution in [0.5, 0.6) is 5.75 Å². The number of phenolic OH excluding ortho intramolecular Hbond substituents is 1. The van der Waals surface area contributed by atoms with Crippen LogP contribution in [-0.4, -0.2) is 28.6 Å². The molecule has 0 aliphatic heterocycles. The minimum atomic E-state index is -0.675. The molecule has 0 aromatic heterocycles. The normalized spacial score (nSPS) is 10.5. The third-order valence-corrected chi connectivity index (χ3v) is 5.18. The van der Waals surface area contributed by atoms with E-state index in [0.29, 0.717) is 18.6 Å². The van der Waals surface area contributed by atoms with Gasteiger partial charge in [-0.25, -0.2) is 0 Å². The van der Waals surface area contributed by atoms with E-state index in [0.717, 1.165) is 43.4 Å². The molecule has 1 amide bonds. The van der Waals surface area contributed by atoms with Gasteiger partial charge in [0.15, 0.2) is 0 Å². The molecule has 0 saturated carbocycles. The van der Waals surface area contributed by atoms with Gasteiger partial charge in [0.25, 0.3) is 0 Å². The number of carboxylic acid groups (broad SMARTS) is 1. The van der Waals surface area contributed by atoms with E-state index in [9.17, 15) is 14.7 Å².